The topological polar surface area (TPSA) is 149 Å². The van der Waals surface area contributed by atoms with Crippen LogP contribution in [0.5, 0.6) is 0 Å². The molecule has 0 fully saturated rings. The summed E-state index contributed by atoms with van der Waals surface area (Å²) in [5.74, 6) is -5.67. The molecule has 0 bridgehead atoms. The molecule has 0 atom stereocenters. The summed E-state index contributed by atoms with van der Waals surface area (Å²) in [5, 5.41) is 38.0. The Kier molecular flexibility index (Phi) is 8.89. The minimum atomic E-state index is -1.43. The van der Waals surface area contributed by atoms with Crippen molar-refractivity contribution in [2.45, 2.75) is 50.9 Å². The van der Waals surface area contributed by atoms with E-state index in [4.69, 9.17) is 0 Å². The van der Waals surface area contributed by atoms with E-state index in [0.717, 1.165) is 6.42 Å². The number of benzene rings is 2. The van der Waals surface area contributed by atoms with Crippen LogP contribution in [0.25, 0.3) is 0 Å². The summed E-state index contributed by atoms with van der Waals surface area (Å²) in [6, 6.07) is 7.91. The Morgan fingerprint density at radius 1 is 0.676 bits per heavy atom. The highest BCUT2D eigenvalue weighted by Gasteiger charge is 2.36. The van der Waals surface area contributed by atoms with E-state index < -0.39 is 58.2 Å². The molecule has 9 heteroatoms. The molecule has 4 N–H and O–H groups in total. The van der Waals surface area contributed by atoms with Crippen LogP contribution in [0, 0.1) is 0 Å². The largest absolute Gasteiger partial charge is 0.478 e. The molecule has 0 spiro atoms. The lowest BCUT2D eigenvalue weighted by molar-refractivity contribution is 0.0651. The summed E-state index contributed by atoms with van der Waals surface area (Å²) in [7, 11) is 0. The van der Waals surface area contributed by atoms with E-state index in [0.29, 0.717) is 36.8 Å². The summed E-state index contributed by atoms with van der Waals surface area (Å²) in [6.45, 7) is 1.37. The third kappa shape index (κ3) is 5.59. The van der Waals surface area contributed by atoms with Crippen molar-refractivity contribution < 1.29 is 44.0 Å². The highest BCUT2D eigenvalue weighted by Crippen LogP contribution is 2.43. The van der Waals surface area contributed by atoms with Gasteiger partial charge < -0.3 is 20.4 Å². The van der Waals surface area contributed by atoms with E-state index in [1.54, 1.807) is 0 Å². The second-order valence-corrected chi connectivity index (χ2v) is 8.07. The maximum absolute atomic E-state index is 13.0. The van der Waals surface area contributed by atoms with E-state index in [9.17, 15) is 44.0 Å². The van der Waals surface area contributed by atoms with Crippen LogP contribution in [-0.4, -0.2) is 51.0 Å². The van der Waals surface area contributed by atoms with Crippen molar-refractivity contribution >= 4 is 23.9 Å². The van der Waals surface area contributed by atoms with Gasteiger partial charge in [0.25, 0.3) is 0 Å². The lowest BCUT2D eigenvalue weighted by Crippen LogP contribution is -2.29. The fraction of sp³-hybridized carbons (Fsp3) is 0.360. The minimum absolute atomic E-state index is 0.228. The lowest BCUT2D eigenvalue weighted by Gasteiger charge is -2.36. The zero-order valence-electron chi connectivity index (χ0n) is 18.7. The van der Waals surface area contributed by atoms with Gasteiger partial charge in [0.2, 0.25) is 0 Å². The van der Waals surface area contributed by atoms with Crippen LogP contribution in [0.3, 0.4) is 0 Å². The number of carboxylic acid groups (broad SMARTS) is 4. The third-order valence-corrected chi connectivity index (χ3v) is 6.01. The van der Waals surface area contributed by atoms with E-state index in [2.05, 4.69) is 0 Å². The number of unbranched alkanes of at least 4 members (excludes halogenated alkanes) is 2. The number of carbonyl (C=O) groups is 4. The molecule has 2 aromatic carbocycles. The average molecular weight is 474 g/mol. The van der Waals surface area contributed by atoms with Gasteiger partial charge in [0, 0.05) is 5.41 Å². The Morgan fingerprint density at radius 2 is 1.09 bits per heavy atom. The van der Waals surface area contributed by atoms with Crippen molar-refractivity contribution in [3.05, 3.63) is 69.8 Å². The van der Waals surface area contributed by atoms with Crippen LogP contribution in [-0.2, 0) is 5.41 Å². The molecule has 0 amide bonds. The number of hydrogen-bond acceptors (Lipinski definition) is 4. The molecule has 2 rings (SSSR count). The molecule has 182 valence electrons. The number of alkyl halides is 1. The average Bonchev–Trinajstić information content (AvgIpc) is 2.80. The predicted molar refractivity (Wildman–Crippen MR) is 121 cm³/mol. The number of rotatable bonds is 13. The van der Waals surface area contributed by atoms with Crippen LogP contribution in [0.2, 0.25) is 0 Å². The smallest absolute Gasteiger partial charge is 0.336 e. The van der Waals surface area contributed by atoms with Crippen LogP contribution >= 0.6 is 0 Å². The van der Waals surface area contributed by atoms with Crippen LogP contribution in [0.1, 0.15) is 98.0 Å². The van der Waals surface area contributed by atoms with Crippen molar-refractivity contribution in [2.24, 2.45) is 0 Å². The molecular formula is C25H27FO8. The second-order valence-electron chi connectivity index (χ2n) is 8.07. The van der Waals surface area contributed by atoms with Gasteiger partial charge in [-0.3, -0.25) is 4.39 Å². The normalized spacial score (nSPS) is 11.2. The molecule has 0 aliphatic heterocycles. The summed E-state index contributed by atoms with van der Waals surface area (Å²) in [4.78, 5) is 46.7. The van der Waals surface area contributed by atoms with Crippen molar-refractivity contribution in [1.82, 2.24) is 0 Å². The number of halogens is 1. The van der Waals surface area contributed by atoms with Gasteiger partial charge in [0.15, 0.2) is 0 Å². The Labute approximate surface area is 195 Å². The fourth-order valence-corrected chi connectivity index (χ4v) is 4.28. The zero-order valence-corrected chi connectivity index (χ0v) is 18.7. The minimum Gasteiger partial charge on any atom is -0.478 e. The SMILES string of the molecule is CCCCC(CCCCF)(c1ccc(C(=O)O)c(C(=O)O)c1)c1ccc(C(=O)O)c(C(=O)O)c1. The molecule has 0 aliphatic rings. The molecule has 8 nitrogen and oxygen atoms in total. The first-order chi connectivity index (χ1) is 16.1. The number of aromatic carboxylic acids is 4. The Hall–Kier alpha value is -3.75. The van der Waals surface area contributed by atoms with Gasteiger partial charge in [-0.25, -0.2) is 19.2 Å². The van der Waals surface area contributed by atoms with Gasteiger partial charge in [0.05, 0.1) is 28.9 Å². The first kappa shape index (κ1) is 26.5. The first-order valence-corrected chi connectivity index (χ1v) is 10.9. The molecule has 0 unspecified atom stereocenters. The van der Waals surface area contributed by atoms with Crippen LogP contribution < -0.4 is 0 Å². The van der Waals surface area contributed by atoms with Gasteiger partial charge in [-0.15, -0.1) is 0 Å². The Bertz CT molecular complexity index is 1020. The zero-order chi connectivity index (χ0) is 25.5. The number of hydrogen-bond donors (Lipinski definition) is 4. The second kappa shape index (κ2) is 11.4. The van der Waals surface area contributed by atoms with E-state index >= 15 is 0 Å². The highest BCUT2D eigenvalue weighted by atomic mass is 19.1. The molecule has 0 aliphatic carbocycles. The van der Waals surface area contributed by atoms with E-state index in [-0.39, 0.29) is 6.42 Å². The monoisotopic (exact) mass is 474 g/mol. The van der Waals surface area contributed by atoms with Crippen LogP contribution in [0.4, 0.5) is 4.39 Å². The molecule has 0 saturated carbocycles. The predicted octanol–water partition coefficient (Wildman–Crippen LogP) is 5.10. The van der Waals surface area contributed by atoms with Gasteiger partial charge >= 0.3 is 23.9 Å². The maximum atomic E-state index is 13.0. The summed E-state index contributed by atoms with van der Waals surface area (Å²) < 4.78 is 13.0. The van der Waals surface area contributed by atoms with Gasteiger partial charge in [-0.05, 0) is 61.1 Å². The molecule has 2 aromatic rings. The Balaban J connectivity index is 2.87. The molecule has 0 aromatic heterocycles. The first-order valence-electron chi connectivity index (χ1n) is 10.9. The van der Waals surface area contributed by atoms with Gasteiger partial charge in [-0.1, -0.05) is 31.9 Å². The van der Waals surface area contributed by atoms with Crippen molar-refractivity contribution in [3.8, 4) is 0 Å². The molecule has 0 radical (unpaired) electrons. The maximum Gasteiger partial charge on any atom is 0.336 e. The van der Waals surface area contributed by atoms with E-state index in [1.807, 2.05) is 6.92 Å². The lowest BCUT2D eigenvalue weighted by atomic mass is 9.67. The standard InChI is InChI=1S/C25H27FO8/c1-2-3-10-25(11-4-5-12-26,15-6-8-17(21(27)28)19(13-15)23(31)32)16-7-9-18(22(29)30)20(14-16)24(33)34/h6-9,13-14H,2-5,10-12H2,1H3,(H,27,28)(H,29,30)(H,31,32)(H,33,34). The summed E-state index contributed by atoms with van der Waals surface area (Å²) in [6.07, 6.45) is 2.80. The highest BCUT2D eigenvalue weighted by molar-refractivity contribution is 6.02. The van der Waals surface area contributed by atoms with Crippen molar-refractivity contribution in [3.63, 3.8) is 0 Å². The van der Waals surface area contributed by atoms with Crippen molar-refractivity contribution in [1.29, 1.82) is 0 Å². The third-order valence-electron chi connectivity index (χ3n) is 6.01. The number of carboxylic acids is 4. The summed E-state index contributed by atoms with van der Waals surface area (Å²) >= 11 is 0. The molecule has 0 saturated heterocycles. The van der Waals surface area contributed by atoms with E-state index in [1.165, 1.54) is 36.4 Å². The molecule has 34 heavy (non-hydrogen) atoms. The van der Waals surface area contributed by atoms with Gasteiger partial charge in [-0.2, -0.15) is 0 Å². The van der Waals surface area contributed by atoms with Gasteiger partial charge in [0.1, 0.15) is 0 Å². The van der Waals surface area contributed by atoms with Crippen LogP contribution in [0.15, 0.2) is 36.4 Å². The molecular weight excluding hydrogens is 447 g/mol. The summed E-state index contributed by atoms with van der Waals surface area (Å²) in [5.41, 5.74) is -1.71. The Morgan fingerprint density at radius 3 is 1.44 bits per heavy atom. The molecule has 0 heterocycles. The fourth-order valence-electron chi connectivity index (χ4n) is 4.28. The van der Waals surface area contributed by atoms with Crippen molar-refractivity contribution in [2.75, 3.05) is 6.67 Å². The quantitative estimate of drug-likeness (QED) is 0.293.